The molecule has 2 rings (SSSR count). The van der Waals surface area contributed by atoms with E-state index in [2.05, 4.69) is 4.74 Å². The molecule has 0 bridgehead atoms. The number of ether oxygens (including phenoxy) is 2. The van der Waals surface area contributed by atoms with Crippen molar-refractivity contribution in [2.24, 2.45) is 11.7 Å². The van der Waals surface area contributed by atoms with Crippen molar-refractivity contribution in [2.75, 3.05) is 0 Å². The predicted octanol–water partition coefficient (Wildman–Crippen LogP) is 1.17. The minimum absolute atomic E-state index is 0.0432. The normalized spacial score (nSPS) is 25.6. The first-order valence-corrected chi connectivity index (χ1v) is 9.97. The highest BCUT2D eigenvalue weighted by Gasteiger charge is 2.49. The van der Waals surface area contributed by atoms with Crippen LogP contribution in [0, 0.1) is 5.92 Å². The minimum Gasteiger partial charge on any atom is -0.406 e. The number of nitrogens with two attached hydrogens (primary N) is 1. The lowest BCUT2D eigenvalue weighted by Crippen LogP contribution is -2.56. The Morgan fingerprint density at radius 2 is 2.06 bits per heavy atom. The number of carbonyl (C=O) groups is 2. The summed E-state index contributed by atoms with van der Waals surface area (Å²) in [4.78, 5) is 23.8. The van der Waals surface area contributed by atoms with Crippen molar-refractivity contribution >= 4 is 11.8 Å². The maximum Gasteiger partial charge on any atom is 0.573 e. The fraction of sp³-hybridized carbons (Fsp3) is 0.600. The average Bonchev–Trinajstić information content (AvgIpc) is 2.68. The van der Waals surface area contributed by atoms with E-state index < -0.39 is 53.8 Å². The number of hydrogen-bond acceptors (Lipinski definition) is 7. The zero-order chi connectivity index (χ0) is 24.1. The third-order valence-electron chi connectivity index (χ3n) is 5.38. The lowest BCUT2D eigenvalue weighted by atomic mass is 9.73. The largest absolute Gasteiger partial charge is 0.573 e. The molecule has 6 N–H and O–H groups in total. The van der Waals surface area contributed by atoms with Gasteiger partial charge in [-0.25, -0.2) is 5.48 Å². The molecule has 12 heteroatoms. The zero-order valence-electron chi connectivity index (χ0n) is 17.3. The van der Waals surface area contributed by atoms with Crippen molar-refractivity contribution < 1.29 is 47.7 Å². The van der Waals surface area contributed by atoms with Gasteiger partial charge in [0.2, 0.25) is 11.8 Å². The number of alkyl halides is 3. The lowest BCUT2D eigenvalue weighted by molar-refractivity contribution is -0.274. The van der Waals surface area contributed by atoms with E-state index in [1.807, 2.05) is 0 Å². The van der Waals surface area contributed by atoms with Crippen LogP contribution in [0.2, 0.25) is 0 Å². The molecule has 5 atom stereocenters. The number of aliphatic hydroxyl groups is 2. The third-order valence-corrected chi connectivity index (χ3v) is 5.38. The molecule has 32 heavy (non-hydrogen) atoms. The molecule has 0 aromatic heterocycles. The van der Waals surface area contributed by atoms with E-state index in [4.69, 9.17) is 15.7 Å². The van der Waals surface area contributed by atoms with Gasteiger partial charge in [-0.15, -0.1) is 13.2 Å². The molecule has 1 aromatic rings. The number of hydroxylamine groups is 1. The Labute approximate surface area is 182 Å². The molecule has 2 amide bonds. The van der Waals surface area contributed by atoms with Crippen molar-refractivity contribution in [3.8, 4) is 5.75 Å². The maximum absolute atomic E-state index is 12.4. The van der Waals surface area contributed by atoms with Crippen LogP contribution >= 0.6 is 0 Å². The summed E-state index contributed by atoms with van der Waals surface area (Å²) in [6.45, 7) is 1.58. The third kappa shape index (κ3) is 7.33. The Hall–Kier alpha value is -2.41. The maximum atomic E-state index is 12.4. The molecule has 1 aliphatic rings. The summed E-state index contributed by atoms with van der Waals surface area (Å²) in [6.07, 6.45) is -8.16. The van der Waals surface area contributed by atoms with Crippen molar-refractivity contribution in [3.63, 3.8) is 0 Å². The van der Waals surface area contributed by atoms with Crippen LogP contribution in [0.15, 0.2) is 24.3 Å². The van der Waals surface area contributed by atoms with E-state index in [0.717, 1.165) is 6.07 Å². The zero-order valence-corrected chi connectivity index (χ0v) is 17.3. The first-order valence-electron chi connectivity index (χ1n) is 9.97. The number of hydrogen-bond donors (Lipinski definition) is 5. The molecule has 0 saturated carbocycles. The van der Waals surface area contributed by atoms with Crippen LogP contribution in [0.3, 0.4) is 0 Å². The predicted molar refractivity (Wildman–Crippen MR) is 103 cm³/mol. The SMILES string of the molecule is CC1CC(O)(C(CC(O)CCc2cccc(OC(F)(F)F)c2)C(=O)NO)CC(C(N)=O)O1. The fourth-order valence-corrected chi connectivity index (χ4v) is 4.00. The molecule has 1 aliphatic heterocycles. The lowest BCUT2D eigenvalue weighted by Gasteiger charge is -2.43. The van der Waals surface area contributed by atoms with Crippen LogP contribution in [-0.4, -0.2) is 57.5 Å². The molecule has 1 aromatic carbocycles. The van der Waals surface area contributed by atoms with Crippen molar-refractivity contribution in [1.82, 2.24) is 5.48 Å². The van der Waals surface area contributed by atoms with Crippen LogP contribution in [0.1, 0.15) is 38.2 Å². The first kappa shape index (κ1) is 25.8. The van der Waals surface area contributed by atoms with Gasteiger partial charge < -0.3 is 25.4 Å². The Morgan fingerprint density at radius 1 is 1.38 bits per heavy atom. The molecule has 1 fully saturated rings. The molecule has 1 saturated heterocycles. The number of benzene rings is 1. The highest BCUT2D eigenvalue weighted by Crippen LogP contribution is 2.38. The summed E-state index contributed by atoms with van der Waals surface area (Å²) < 4.78 is 46.4. The van der Waals surface area contributed by atoms with Crippen LogP contribution in [0.4, 0.5) is 13.2 Å². The van der Waals surface area contributed by atoms with E-state index >= 15 is 0 Å². The van der Waals surface area contributed by atoms with Gasteiger partial charge in [-0.05, 0) is 43.9 Å². The standard InChI is InChI=1S/C20H27F3N2O7/c1-11-9-19(29,10-16(31-11)17(24)27)15(18(28)25-30)8-13(26)6-5-12-3-2-4-14(7-12)32-20(21,22)23/h2-4,7,11,13,15-16,26,29-30H,5-6,8-10H2,1H3,(H2,24,27)(H,25,28). The Kier molecular flexibility index (Phi) is 8.46. The van der Waals surface area contributed by atoms with E-state index in [0.29, 0.717) is 5.56 Å². The molecule has 0 aliphatic carbocycles. The first-order chi connectivity index (χ1) is 14.8. The van der Waals surface area contributed by atoms with E-state index in [-0.39, 0.29) is 32.1 Å². The van der Waals surface area contributed by atoms with E-state index in [9.17, 15) is 33.0 Å². The number of rotatable bonds is 9. The number of aryl methyl sites for hydroxylation is 1. The molecular formula is C20H27F3N2O7. The highest BCUT2D eigenvalue weighted by atomic mass is 19.4. The summed E-state index contributed by atoms with van der Waals surface area (Å²) in [5.41, 5.74) is 5.41. The van der Waals surface area contributed by atoms with Gasteiger partial charge in [-0.1, -0.05) is 12.1 Å². The summed E-state index contributed by atoms with van der Waals surface area (Å²) in [5.74, 6) is -3.47. The van der Waals surface area contributed by atoms with Gasteiger partial charge in [0.15, 0.2) is 0 Å². The summed E-state index contributed by atoms with van der Waals surface area (Å²) in [5, 5.41) is 30.7. The van der Waals surface area contributed by atoms with E-state index in [1.165, 1.54) is 17.6 Å². The molecule has 0 spiro atoms. The van der Waals surface area contributed by atoms with Crippen molar-refractivity contribution in [3.05, 3.63) is 29.8 Å². The van der Waals surface area contributed by atoms with Gasteiger partial charge in [-0.3, -0.25) is 14.8 Å². The Bertz CT molecular complexity index is 808. The van der Waals surface area contributed by atoms with Gasteiger partial charge in [-0.2, -0.15) is 0 Å². The Balaban J connectivity index is 2.07. The van der Waals surface area contributed by atoms with Crippen LogP contribution in [0.5, 0.6) is 5.75 Å². The fourth-order valence-electron chi connectivity index (χ4n) is 4.00. The average molecular weight is 464 g/mol. The second kappa shape index (κ2) is 10.5. The number of halogens is 3. The van der Waals surface area contributed by atoms with E-state index in [1.54, 1.807) is 13.0 Å². The number of nitrogens with one attached hydrogen (secondary N) is 1. The van der Waals surface area contributed by atoms with Gasteiger partial charge >= 0.3 is 6.36 Å². The second-order valence-electron chi connectivity index (χ2n) is 8.00. The number of aliphatic hydroxyl groups excluding tert-OH is 1. The number of carbonyl (C=O) groups excluding carboxylic acids is 2. The van der Waals surface area contributed by atoms with Crippen LogP contribution < -0.4 is 16.0 Å². The van der Waals surface area contributed by atoms with Gasteiger partial charge in [0, 0.05) is 12.8 Å². The van der Waals surface area contributed by atoms with Crippen molar-refractivity contribution in [1.29, 1.82) is 0 Å². The minimum atomic E-state index is -4.83. The molecule has 5 unspecified atom stereocenters. The second-order valence-corrected chi connectivity index (χ2v) is 8.00. The van der Waals surface area contributed by atoms with Crippen LogP contribution in [-0.2, 0) is 20.7 Å². The van der Waals surface area contributed by atoms with Gasteiger partial charge in [0.1, 0.15) is 11.9 Å². The van der Waals surface area contributed by atoms with Crippen LogP contribution in [0.25, 0.3) is 0 Å². The quantitative estimate of drug-likeness (QED) is 0.272. The smallest absolute Gasteiger partial charge is 0.406 e. The molecule has 9 nitrogen and oxygen atoms in total. The summed E-state index contributed by atoms with van der Waals surface area (Å²) in [7, 11) is 0. The van der Waals surface area contributed by atoms with Gasteiger partial charge in [0.05, 0.1) is 23.7 Å². The Morgan fingerprint density at radius 3 is 2.66 bits per heavy atom. The van der Waals surface area contributed by atoms with Gasteiger partial charge in [0.25, 0.3) is 0 Å². The van der Waals surface area contributed by atoms with Crippen molar-refractivity contribution in [2.45, 2.75) is 69.3 Å². The summed E-state index contributed by atoms with van der Waals surface area (Å²) >= 11 is 0. The molecule has 0 radical (unpaired) electrons. The molecule has 1 heterocycles. The molecular weight excluding hydrogens is 437 g/mol. The topological polar surface area (TPSA) is 151 Å². The number of amides is 2. The summed E-state index contributed by atoms with van der Waals surface area (Å²) in [6, 6.07) is 5.26. The molecule has 180 valence electrons. The highest BCUT2D eigenvalue weighted by molar-refractivity contribution is 5.81. The number of primary amides is 1. The monoisotopic (exact) mass is 464 g/mol.